The van der Waals surface area contributed by atoms with E-state index in [9.17, 15) is 4.79 Å². The zero-order valence-corrected chi connectivity index (χ0v) is 22.9. The lowest BCUT2D eigenvalue weighted by atomic mass is 9.45. The van der Waals surface area contributed by atoms with Gasteiger partial charge < -0.3 is 15.5 Å². The molecule has 4 aliphatic rings. The molecule has 11 nitrogen and oxygen atoms in total. The summed E-state index contributed by atoms with van der Waals surface area (Å²) in [6.07, 6.45) is 4.00. The first-order valence-electron chi connectivity index (χ1n) is 13.7. The van der Waals surface area contributed by atoms with Crippen molar-refractivity contribution in [2.45, 2.75) is 59.2 Å². The Kier molecular flexibility index (Phi) is 6.20. The Bertz CT molecular complexity index is 1410. The van der Waals surface area contributed by atoms with Crippen LogP contribution < -0.4 is 16.2 Å². The van der Waals surface area contributed by atoms with Crippen LogP contribution in [0.1, 0.15) is 46.4 Å². The SMILES string of the molecule is CC1CN(C(=NC2CC3CC(C2C)C3(C)C)Nc2ccc3c(=O)n(C)c(Cn4cnnn4)nc3c2)CCN1. The van der Waals surface area contributed by atoms with Gasteiger partial charge in [0.25, 0.3) is 5.56 Å². The van der Waals surface area contributed by atoms with Crippen molar-refractivity contribution < 1.29 is 0 Å². The van der Waals surface area contributed by atoms with Crippen LogP contribution in [0.5, 0.6) is 0 Å². The van der Waals surface area contributed by atoms with Gasteiger partial charge in [0.1, 0.15) is 18.7 Å². The van der Waals surface area contributed by atoms with Gasteiger partial charge in [-0.25, -0.2) is 14.7 Å². The summed E-state index contributed by atoms with van der Waals surface area (Å²) in [6, 6.07) is 6.46. The number of hydrogen-bond acceptors (Lipinski definition) is 7. The Morgan fingerprint density at radius 1 is 1.26 bits per heavy atom. The molecule has 1 aliphatic heterocycles. The van der Waals surface area contributed by atoms with Gasteiger partial charge in [-0.1, -0.05) is 20.8 Å². The Morgan fingerprint density at radius 2 is 2.11 bits per heavy atom. The molecule has 3 saturated carbocycles. The van der Waals surface area contributed by atoms with Gasteiger partial charge in [0.15, 0.2) is 5.96 Å². The molecule has 11 heteroatoms. The molecular weight excluding hydrogens is 480 g/mol. The second kappa shape index (κ2) is 9.44. The van der Waals surface area contributed by atoms with Crippen LogP contribution in [0.3, 0.4) is 0 Å². The van der Waals surface area contributed by atoms with Crippen LogP contribution in [0.25, 0.3) is 10.9 Å². The van der Waals surface area contributed by atoms with E-state index in [-0.39, 0.29) is 5.56 Å². The third kappa shape index (κ3) is 4.36. The van der Waals surface area contributed by atoms with Crippen LogP contribution in [-0.4, -0.2) is 72.3 Å². The largest absolute Gasteiger partial charge is 0.340 e. The summed E-state index contributed by atoms with van der Waals surface area (Å²) >= 11 is 0. The molecule has 2 bridgehead atoms. The molecule has 3 heterocycles. The molecule has 0 amide bonds. The Balaban J connectivity index is 1.32. The van der Waals surface area contributed by atoms with E-state index in [1.165, 1.54) is 12.7 Å². The molecule has 5 atom stereocenters. The lowest BCUT2D eigenvalue weighted by Crippen LogP contribution is -2.57. The molecule has 2 N–H and O–H groups in total. The van der Waals surface area contributed by atoms with Crippen molar-refractivity contribution in [2.24, 2.45) is 35.2 Å². The number of hydrogen-bond donors (Lipinski definition) is 2. The fourth-order valence-corrected chi connectivity index (χ4v) is 6.83. The molecule has 1 aromatic carbocycles. The zero-order chi connectivity index (χ0) is 26.6. The molecule has 0 radical (unpaired) electrons. The first kappa shape index (κ1) is 25.0. The molecule has 5 unspecified atom stereocenters. The summed E-state index contributed by atoms with van der Waals surface area (Å²) in [4.78, 5) is 25.6. The second-order valence-corrected chi connectivity index (χ2v) is 12.0. The van der Waals surface area contributed by atoms with Gasteiger partial charge >= 0.3 is 0 Å². The maximum Gasteiger partial charge on any atom is 0.261 e. The average molecular weight is 519 g/mol. The van der Waals surface area contributed by atoms with E-state index in [1.54, 1.807) is 16.3 Å². The number of nitrogens with one attached hydrogen (secondary N) is 2. The molecule has 7 rings (SSSR count). The maximum atomic E-state index is 13.1. The van der Waals surface area contributed by atoms with Crippen LogP contribution in [-0.2, 0) is 13.6 Å². The van der Waals surface area contributed by atoms with E-state index in [1.807, 2.05) is 18.2 Å². The number of aliphatic imine (C=N–C) groups is 1. The van der Waals surface area contributed by atoms with Crippen molar-refractivity contribution in [1.29, 1.82) is 0 Å². The molecule has 3 aromatic rings. The second-order valence-electron chi connectivity index (χ2n) is 12.0. The number of guanidine groups is 1. The number of fused-ring (bicyclic) bond motifs is 3. The Hall–Kier alpha value is -3.34. The topological polar surface area (TPSA) is 118 Å². The van der Waals surface area contributed by atoms with Gasteiger partial charge in [0, 0.05) is 38.4 Å². The van der Waals surface area contributed by atoms with Gasteiger partial charge in [-0.05, 0) is 71.6 Å². The van der Waals surface area contributed by atoms with Crippen LogP contribution >= 0.6 is 0 Å². The van der Waals surface area contributed by atoms with Crippen LogP contribution in [0.4, 0.5) is 5.69 Å². The smallest absolute Gasteiger partial charge is 0.261 e. The monoisotopic (exact) mass is 518 g/mol. The van der Waals surface area contributed by atoms with Gasteiger partial charge in [0.2, 0.25) is 0 Å². The first-order chi connectivity index (χ1) is 18.2. The molecule has 0 spiro atoms. The normalized spacial score (nSPS) is 28.8. The summed E-state index contributed by atoms with van der Waals surface area (Å²) in [7, 11) is 1.73. The highest BCUT2D eigenvalue weighted by Crippen LogP contribution is 2.61. The van der Waals surface area contributed by atoms with Crippen LogP contribution in [0.2, 0.25) is 0 Å². The molecule has 202 valence electrons. The predicted molar refractivity (Wildman–Crippen MR) is 147 cm³/mol. The van der Waals surface area contributed by atoms with E-state index < -0.39 is 0 Å². The fourth-order valence-electron chi connectivity index (χ4n) is 6.83. The maximum absolute atomic E-state index is 13.1. The summed E-state index contributed by atoms with van der Waals surface area (Å²) in [5.74, 6) is 3.56. The van der Waals surface area contributed by atoms with Crippen molar-refractivity contribution in [3.8, 4) is 0 Å². The van der Waals surface area contributed by atoms with E-state index in [2.05, 4.69) is 58.8 Å². The fraction of sp³-hybridized carbons (Fsp3) is 0.630. The lowest BCUT2D eigenvalue weighted by molar-refractivity contribution is -0.108. The van der Waals surface area contributed by atoms with E-state index in [0.717, 1.165) is 49.5 Å². The predicted octanol–water partition coefficient (Wildman–Crippen LogP) is 2.10. The standard InChI is InChI=1S/C27H38N10O/c1-16-13-36(9-8-28-16)26(32-22-11-18-10-21(17(22)2)27(18,3)4)30-19-6-7-20-23(12-19)31-24(35(5)25(20)38)14-37-15-29-33-34-37/h6-7,12,15-18,21-22,28H,8-11,13-14H2,1-5H3,(H,30,32). The minimum Gasteiger partial charge on any atom is -0.340 e. The quantitative estimate of drug-likeness (QED) is 0.398. The number of anilines is 1. The lowest BCUT2D eigenvalue weighted by Gasteiger charge is -2.61. The third-order valence-electron chi connectivity index (χ3n) is 9.39. The zero-order valence-electron chi connectivity index (χ0n) is 22.9. The van der Waals surface area contributed by atoms with Crippen molar-refractivity contribution in [2.75, 3.05) is 25.0 Å². The Morgan fingerprint density at radius 3 is 2.82 bits per heavy atom. The molecule has 38 heavy (non-hydrogen) atoms. The number of nitrogens with zero attached hydrogens (tertiary/aromatic N) is 8. The number of benzene rings is 1. The van der Waals surface area contributed by atoms with Crippen molar-refractivity contribution in [1.82, 2.24) is 40.0 Å². The first-order valence-corrected chi connectivity index (χ1v) is 13.7. The van der Waals surface area contributed by atoms with Gasteiger partial charge in [-0.3, -0.25) is 9.36 Å². The number of tetrazole rings is 1. The molecular formula is C27H38N10O. The number of piperazine rings is 1. The third-order valence-corrected chi connectivity index (χ3v) is 9.39. The molecule has 3 aliphatic carbocycles. The average Bonchev–Trinajstić information content (AvgIpc) is 3.40. The highest BCUT2D eigenvalue weighted by Gasteiger charge is 2.56. The Labute approximate surface area is 222 Å². The van der Waals surface area contributed by atoms with E-state index in [0.29, 0.717) is 46.7 Å². The summed E-state index contributed by atoms with van der Waals surface area (Å²) < 4.78 is 3.12. The highest BCUT2D eigenvalue weighted by molar-refractivity contribution is 5.96. The van der Waals surface area contributed by atoms with Crippen LogP contribution in [0, 0.1) is 23.2 Å². The summed E-state index contributed by atoms with van der Waals surface area (Å²) in [6.45, 7) is 12.5. The number of aromatic nitrogens is 6. The summed E-state index contributed by atoms with van der Waals surface area (Å²) in [5, 5.41) is 19.0. The molecule has 2 aromatic heterocycles. The van der Waals surface area contributed by atoms with Crippen molar-refractivity contribution in [3.63, 3.8) is 0 Å². The minimum atomic E-state index is -0.0904. The van der Waals surface area contributed by atoms with Gasteiger partial charge in [-0.15, -0.1) is 5.10 Å². The molecule has 4 fully saturated rings. The van der Waals surface area contributed by atoms with Crippen molar-refractivity contribution >= 4 is 22.5 Å². The van der Waals surface area contributed by atoms with Crippen molar-refractivity contribution in [3.05, 3.63) is 40.7 Å². The highest BCUT2D eigenvalue weighted by atomic mass is 16.1. The van der Waals surface area contributed by atoms with Crippen LogP contribution in [0.15, 0.2) is 34.3 Å². The van der Waals surface area contributed by atoms with E-state index in [4.69, 9.17) is 9.98 Å². The van der Waals surface area contributed by atoms with Gasteiger partial charge in [-0.2, -0.15) is 0 Å². The number of rotatable bonds is 4. The minimum absolute atomic E-state index is 0.0904. The van der Waals surface area contributed by atoms with E-state index >= 15 is 0 Å². The summed E-state index contributed by atoms with van der Waals surface area (Å²) in [5.41, 5.74) is 1.86. The van der Waals surface area contributed by atoms with Gasteiger partial charge in [0.05, 0.1) is 16.9 Å². The molecule has 1 saturated heterocycles.